The number of nitrogens with one attached hydrogen (secondary N) is 1. The van der Waals surface area contributed by atoms with E-state index in [2.05, 4.69) is 5.32 Å². The van der Waals surface area contributed by atoms with E-state index in [0.717, 1.165) is 38.6 Å². The summed E-state index contributed by atoms with van der Waals surface area (Å²) >= 11 is 0. The van der Waals surface area contributed by atoms with Crippen molar-refractivity contribution >= 4 is 0 Å². The first-order valence-corrected chi connectivity index (χ1v) is 6.37. The quantitative estimate of drug-likeness (QED) is 0.656. The fourth-order valence-electron chi connectivity index (χ4n) is 2.91. The van der Waals surface area contributed by atoms with Gasteiger partial charge in [0, 0.05) is 12.6 Å². The highest BCUT2D eigenvalue weighted by atomic mass is 16.3. The van der Waals surface area contributed by atoms with Gasteiger partial charge in [-0.2, -0.15) is 0 Å². The van der Waals surface area contributed by atoms with Crippen LogP contribution in [0.4, 0.5) is 0 Å². The van der Waals surface area contributed by atoms with Crippen molar-refractivity contribution in [3.8, 4) is 0 Å². The number of hydrogen-bond donors (Lipinski definition) is 3. The first-order chi connectivity index (χ1) is 7.27. The summed E-state index contributed by atoms with van der Waals surface area (Å²) in [6.45, 7) is 0.878. The van der Waals surface area contributed by atoms with Gasteiger partial charge in [-0.05, 0) is 38.0 Å². The highest BCUT2D eigenvalue weighted by Crippen LogP contribution is 2.25. The predicted molar refractivity (Wildman–Crippen MR) is 59.6 cm³/mol. The van der Waals surface area contributed by atoms with Crippen LogP contribution in [-0.2, 0) is 0 Å². The Morgan fingerprint density at radius 1 is 0.867 bits per heavy atom. The van der Waals surface area contributed by atoms with Crippen molar-refractivity contribution in [3.05, 3.63) is 0 Å². The molecule has 0 heterocycles. The first kappa shape index (κ1) is 11.4. The minimum Gasteiger partial charge on any atom is -0.393 e. The third kappa shape index (κ3) is 2.92. The van der Waals surface area contributed by atoms with E-state index in [-0.39, 0.29) is 18.2 Å². The molecule has 2 unspecified atom stereocenters. The van der Waals surface area contributed by atoms with Crippen molar-refractivity contribution in [2.24, 2.45) is 5.92 Å². The maximum absolute atomic E-state index is 9.81. The van der Waals surface area contributed by atoms with E-state index in [1.54, 1.807) is 0 Å². The summed E-state index contributed by atoms with van der Waals surface area (Å²) in [4.78, 5) is 0. The molecule has 3 N–H and O–H groups in total. The molecule has 15 heavy (non-hydrogen) atoms. The fourth-order valence-corrected chi connectivity index (χ4v) is 2.91. The summed E-state index contributed by atoms with van der Waals surface area (Å²) in [6, 6.07) is 0.277. The molecular formula is C12H23NO2. The zero-order valence-corrected chi connectivity index (χ0v) is 9.36. The Balaban J connectivity index is 1.72. The molecule has 3 heteroatoms. The van der Waals surface area contributed by atoms with E-state index in [1.165, 1.54) is 12.8 Å². The lowest BCUT2D eigenvalue weighted by Gasteiger charge is -2.29. The second-order valence-electron chi connectivity index (χ2n) is 5.12. The van der Waals surface area contributed by atoms with Gasteiger partial charge in [-0.25, -0.2) is 0 Å². The van der Waals surface area contributed by atoms with Crippen molar-refractivity contribution in [1.82, 2.24) is 5.32 Å². The van der Waals surface area contributed by atoms with Crippen LogP contribution < -0.4 is 5.32 Å². The van der Waals surface area contributed by atoms with Crippen LogP contribution >= 0.6 is 0 Å². The monoisotopic (exact) mass is 213 g/mol. The molecule has 2 aliphatic rings. The SMILES string of the molecule is OC1CCCCC1CN[C@@H]1CCC[C@H]1O. The summed E-state index contributed by atoms with van der Waals surface area (Å²) < 4.78 is 0. The second kappa shape index (κ2) is 5.28. The standard InChI is InChI=1S/C12H23NO2/c14-11-6-2-1-4-9(11)8-13-10-5-3-7-12(10)15/h9-15H,1-8H2/t9?,10-,11?,12-/m1/s1. The van der Waals surface area contributed by atoms with Gasteiger partial charge in [0.25, 0.3) is 0 Å². The third-order valence-electron chi connectivity index (χ3n) is 3.99. The van der Waals surface area contributed by atoms with E-state index in [1.807, 2.05) is 0 Å². The summed E-state index contributed by atoms with van der Waals surface area (Å²) in [5, 5.41) is 22.9. The molecule has 0 amide bonds. The van der Waals surface area contributed by atoms with E-state index in [4.69, 9.17) is 0 Å². The highest BCUT2D eigenvalue weighted by Gasteiger charge is 2.28. The topological polar surface area (TPSA) is 52.5 Å². The Morgan fingerprint density at radius 3 is 2.27 bits per heavy atom. The molecule has 2 saturated carbocycles. The molecule has 0 aromatic carbocycles. The van der Waals surface area contributed by atoms with Gasteiger partial charge in [-0.1, -0.05) is 12.8 Å². The average molecular weight is 213 g/mol. The fraction of sp³-hybridized carbons (Fsp3) is 1.00. The molecule has 0 aromatic heterocycles. The van der Waals surface area contributed by atoms with Crippen LogP contribution in [0.25, 0.3) is 0 Å². The van der Waals surface area contributed by atoms with Crippen molar-refractivity contribution in [2.45, 2.75) is 63.2 Å². The smallest absolute Gasteiger partial charge is 0.0693 e. The summed E-state index contributed by atoms with van der Waals surface area (Å²) in [5.41, 5.74) is 0. The number of rotatable bonds is 3. The van der Waals surface area contributed by atoms with Crippen LogP contribution in [0.5, 0.6) is 0 Å². The molecule has 3 nitrogen and oxygen atoms in total. The van der Waals surface area contributed by atoms with Gasteiger partial charge in [-0.3, -0.25) is 0 Å². The molecular weight excluding hydrogens is 190 g/mol. The molecule has 0 radical (unpaired) electrons. The Hall–Kier alpha value is -0.120. The molecule has 0 aliphatic heterocycles. The Morgan fingerprint density at radius 2 is 1.60 bits per heavy atom. The molecule has 2 fully saturated rings. The molecule has 4 atom stereocenters. The van der Waals surface area contributed by atoms with E-state index in [9.17, 15) is 10.2 Å². The lowest BCUT2D eigenvalue weighted by molar-refractivity contribution is 0.0633. The summed E-state index contributed by atoms with van der Waals surface area (Å²) in [5.74, 6) is 0.409. The van der Waals surface area contributed by atoms with Gasteiger partial charge in [0.2, 0.25) is 0 Å². The van der Waals surface area contributed by atoms with Gasteiger partial charge in [0.15, 0.2) is 0 Å². The van der Waals surface area contributed by atoms with E-state index in [0.29, 0.717) is 5.92 Å². The van der Waals surface area contributed by atoms with Crippen molar-refractivity contribution in [1.29, 1.82) is 0 Å². The lowest BCUT2D eigenvalue weighted by atomic mass is 9.86. The molecule has 2 aliphatic carbocycles. The van der Waals surface area contributed by atoms with Crippen LogP contribution in [0.15, 0.2) is 0 Å². The van der Waals surface area contributed by atoms with Gasteiger partial charge in [0.05, 0.1) is 12.2 Å². The van der Waals surface area contributed by atoms with Crippen molar-refractivity contribution in [2.75, 3.05) is 6.54 Å². The normalized spacial score (nSPS) is 42.0. The molecule has 88 valence electrons. The largest absolute Gasteiger partial charge is 0.393 e. The Bertz CT molecular complexity index is 198. The van der Waals surface area contributed by atoms with Crippen LogP contribution in [-0.4, -0.2) is 35.0 Å². The highest BCUT2D eigenvalue weighted by molar-refractivity contribution is 4.85. The molecule has 0 spiro atoms. The Labute approximate surface area is 91.9 Å². The number of aliphatic hydroxyl groups excluding tert-OH is 2. The molecule has 0 bridgehead atoms. The van der Waals surface area contributed by atoms with Crippen LogP contribution in [0.2, 0.25) is 0 Å². The minimum atomic E-state index is -0.161. The molecule has 0 aromatic rings. The summed E-state index contributed by atoms with van der Waals surface area (Å²) in [6.07, 6.45) is 7.38. The van der Waals surface area contributed by atoms with E-state index < -0.39 is 0 Å². The van der Waals surface area contributed by atoms with Crippen LogP contribution in [0.3, 0.4) is 0 Å². The zero-order valence-electron chi connectivity index (χ0n) is 9.36. The maximum atomic E-state index is 9.81. The number of aliphatic hydroxyl groups is 2. The second-order valence-corrected chi connectivity index (χ2v) is 5.12. The van der Waals surface area contributed by atoms with Crippen LogP contribution in [0.1, 0.15) is 44.9 Å². The lowest BCUT2D eigenvalue weighted by Crippen LogP contribution is -2.42. The Kier molecular flexibility index (Phi) is 4.00. The van der Waals surface area contributed by atoms with Crippen molar-refractivity contribution < 1.29 is 10.2 Å². The first-order valence-electron chi connectivity index (χ1n) is 6.37. The zero-order chi connectivity index (χ0) is 10.7. The predicted octanol–water partition coefficient (Wildman–Crippen LogP) is 1.04. The van der Waals surface area contributed by atoms with Gasteiger partial charge in [0.1, 0.15) is 0 Å². The van der Waals surface area contributed by atoms with E-state index >= 15 is 0 Å². The van der Waals surface area contributed by atoms with Gasteiger partial charge in [-0.15, -0.1) is 0 Å². The maximum Gasteiger partial charge on any atom is 0.0693 e. The number of hydrogen-bond acceptors (Lipinski definition) is 3. The summed E-state index contributed by atoms with van der Waals surface area (Å²) in [7, 11) is 0. The molecule has 2 rings (SSSR count). The van der Waals surface area contributed by atoms with Gasteiger partial charge < -0.3 is 15.5 Å². The molecule has 0 saturated heterocycles. The minimum absolute atomic E-state index is 0.121. The van der Waals surface area contributed by atoms with Gasteiger partial charge >= 0.3 is 0 Å². The van der Waals surface area contributed by atoms with Crippen LogP contribution in [0, 0.1) is 5.92 Å². The van der Waals surface area contributed by atoms with Crippen molar-refractivity contribution in [3.63, 3.8) is 0 Å². The average Bonchev–Trinajstić information content (AvgIpc) is 2.63. The third-order valence-corrected chi connectivity index (χ3v) is 3.99.